The monoisotopic (exact) mass is 393 g/mol. The van der Waals surface area contributed by atoms with Crippen molar-refractivity contribution in [3.05, 3.63) is 23.8 Å². The number of hydrogen-bond acceptors (Lipinski definition) is 7. The van der Waals surface area contributed by atoms with Gasteiger partial charge in [-0.3, -0.25) is 5.32 Å². The van der Waals surface area contributed by atoms with Gasteiger partial charge in [-0.2, -0.15) is 0 Å². The van der Waals surface area contributed by atoms with Crippen LogP contribution in [-0.4, -0.2) is 48.0 Å². The Bertz CT molecular complexity index is 769. The first-order valence-electron chi connectivity index (χ1n) is 8.66. The van der Waals surface area contributed by atoms with Crippen LogP contribution in [0.2, 0.25) is 0 Å². The van der Waals surface area contributed by atoms with Gasteiger partial charge in [0.15, 0.2) is 11.4 Å². The molecule has 0 aliphatic rings. The number of anilines is 1. The smallest absolute Gasteiger partial charge is 0.321 e. The number of urea groups is 1. The number of aryl methyl sites for hydroxylation is 1. The van der Waals surface area contributed by atoms with Crippen molar-refractivity contribution in [1.29, 1.82) is 0 Å². The van der Waals surface area contributed by atoms with E-state index in [0.717, 1.165) is 22.1 Å². The average molecular weight is 394 g/mol. The third-order valence-corrected chi connectivity index (χ3v) is 4.86. The highest BCUT2D eigenvalue weighted by atomic mass is 32.1. The maximum Gasteiger partial charge on any atom is 0.321 e. The largest absolute Gasteiger partial charge is 0.356 e. The van der Waals surface area contributed by atoms with Gasteiger partial charge in [0.25, 0.3) is 0 Å². The van der Waals surface area contributed by atoms with Crippen LogP contribution in [0.1, 0.15) is 38.7 Å². The van der Waals surface area contributed by atoms with Crippen LogP contribution in [0.3, 0.4) is 0 Å². The summed E-state index contributed by atoms with van der Waals surface area (Å²) >= 11 is 1.39. The maximum atomic E-state index is 12.1. The van der Waals surface area contributed by atoms with Gasteiger partial charge in [0.05, 0.1) is 16.3 Å². The zero-order chi connectivity index (χ0) is 20.0. The van der Waals surface area contributed by atoms with Crippen LogP contribution in [0.5, 0.6) is 0 Å². The molecule has 0 aromatic carbocycles. The Morgan fingerprint density at radius 1 is 1.26 bits per heavy atom. The molecule has 2 amide bonds. The number of thiazole rings is 1. The Balaban J connectivity index is 2.03. The van der Waals surface area contributed by atoms with E-state index in [1.165, 1.54) is 11.3 Å². The van der Waals surface area contributed by atoms with Gasteiger partial charge in [0.1, 0.15) is 5.82 Å². The number of carbonyl (C=O) groups is 1. The molecule has 2 heterocycles. The number of amides is 2. The first kappa shape index (κ1) is 21.2. The second-order valence-electron chi connectivity index (χ2n) is 7.02. The molecule has 0 saturated heterocycles. The standard InChI is InChI=1S/C18H27N5O3S/c1-11-14(12-7-9-19-15(22-12)18(2,3)4)27-17(21-11)23-16(24)20-10-8-13(25-5)26-6/h7,9,13H,8,10H2,1-6H3,(H2,20,21,23,24). The molecule has 2 rings (SSSR count). The van der Waals surface area contributed by atoms with Crippen molar-refractivity contribution in [1.82, 2.24) is 20.3 Å². The molecule has 0 atom stereocenters. The van der Waals surface area contributed by atoms with Gasteiger partial charge in [-0.1, -0.05) is 32.1 Å². The summed E-state index contributed by atoms with van der Waals surface area (Å²) in [6, 6.07) is 1.54. The molecule has 9 heteroatoms. The number of nitrogens with one attached hydrogen (secondary N) is 2. The van der Waals surface area contributed by atoms with E-state index in [-0.39, 0.29) is 17.7 Å². The van der Waals surface area contributed by atoms with Gasteiger partial charge in [-0.15, -0.1) is 0 Å². The molecule has 0 spiro atoms. The highest BCUT2D eigenvalue weighted by Gasteiger charge is 2.19. The molecule has 27 heavy (non-hydrogen) atoms. The molecule has 148 valence electrons. The molecule has 0 fully saturated rings. The van der Waals surface area contributed by atoms with Crippen LogP contribution in [0.15, 0.2) is 12.3 Å². The lowest BCUT2D eigenvalue weighted by Crippen LogP contribution is -2.32. The highest BCUT2D eigenvalue weighted by Crippen LogP contribution is 2.32. The number of aromatic nitrogens is 3. The normalized spacial score (nSPS) is 11.7. The number of ether oxygens (including phenoxy) is 2. The van der Waals surface area contributed by atoms with Crippen molar-refractivity contribution >= 4 is 22.5 Å². The van der Waals surface area contributed by atoms with Crippen molar-refractivity contribution in [3.63, 3.8) is 0 Å². The maximum absolute atomic E-state index is 12.1. The van der Waals surface area contributed by atoms with E-state index in [2.05, 4.69) is 46.4 Å². The van der Waals surface area contributed by atoms with E-state index in [4.69, 9.17) is 9.47 Å². The van der Waals surface area contributed by atoms with Gasteiger partial charge >= 0.3 is 6.03 Å². The fraction of sp³-hybridized carbons (Fsp3) is 0.556. The predicted molar refractivity (Wildman–Crippen MR) is 106 cm³/mol. The van der Waals surface area contributed by atoms with Crippen LogP contribution in [-0.2, 0) is 14.9 Å². The molecule has 0 radical (unpaired) electrons. The van der Waals surface area contributed by atoms with E-state index in [1.54, 1.807) is 20.4 Å². The molecule has 8 nitrogen and oxygen atoms in total. The molecule has 0 aliphatic heterocycles. The topological polar surface area (TPSA) is 98.3 Å². The van der Waals surface area contributed by atoms with E-state index >= 15 is 0 Å². The van der Waals surface area contributed by atoms with Gasteiger partial charge in [0, 0.05) is 38.8 Å². The SMILES string of the molecule is COC(CCNC(=O)Nc1nc(C)c(-c2ccnc(C(C)(C)C)n2)s1)OC. The summed E-state index contributed by atoms with van der Waals surface area (Å²) < 4.78 is 10.2. The first-order valence-corrected chi connectivity index (χ1v) is 9.48. The number of nitrogens with zero attached hydrogens (tertiary/aromatic N) is 3. The van der Waals surface area contributed by atoms with Gasteiger partial charge in [-0.25, -0.2) is 19.7 Å². The molecule has 0 bridgehead atoms. The van der Waals surface area contributed by atoms with Crippen LogP contribution in [0, 0.1) is 6.92 Å². The number of methoxy groups -OCH3 is 2. The summed E-state index contributed by atoms with van der Waals surface area (Å²) in [5, 5.41) is 6.04. The third-order valence-electron chi connectivity index (χ3n) is 3.77. The van der Waals surface area contributed by atoms with Gasteiger partial charge in [0.2, 0.25) is 0 Å². The minimum Gasteiger partial charge on any atom is -0.356 e. The summed E-state index contributed by atoms with van der Waals surface area (Å²) in [6.07, 6.45) is 1.97. The lowest BCUT2D eigenvalue weighted by Gasteiger charge is -2.16. The summed E-state index contributed by atoms with van der Waals surface area (Å²) in [6.45, 7) is 8.54. The Morgan fingerprint density at radius 3 is 2.59 bits per heavy atom. The zero-order valence-corrected chi connectivity index (χ0v) is 17.4. The summed E-state index contributed by atoms with van der Waals surface area (Å²) in [7, 11) is 3.12. The average Bonchev–Trinajstić information content (AvgIpc) is 2.98. The second kappa shape index (κ2) is 9.20. The molecular weight excluding hydrogens is 366 g/mol. The number of carbonyl (C=O) groups excluding carboxylic acids is 1. The number of rotatable bonds is 7. The molecular formula is C18H27N5O3S. The quantitative estimate of drug-likeness (QED) is 0.700. The Morgan fingerprint density at radius 2 is 1.96 bits per heavy atom. The lowest BCUT2D eigenvalue weighted by atomic mass is 9.95. The molecule has 0 unspecified atom stereocenters. The van der Waals surface area contributed by atoms with Crippen LogP contribution < -0.4 is 10.6 Å². The van der Waals surface area contributed by atoms with Crippen LogP contribution in [0.25, 0.3) is 10.6 Å². The van der Waals surface area contributed by atoms with Crippen molar-refractivity contribution < 1.29 is 14.3 Å². The first-order chi connectivity index (χ1) is 12.7. The van der Waals surface area contributed by atoms with Crippen molar-refractivity contribution in [2.75, 3.05) is 26.1 Å². The van der Waals surface area contributed by atoms with Crippen molar-refractivity contribution in [2.45, 2.75) is 45.8 Å². The van der Waals surface area contributed by atoms with Crippen LogP contribution in [0.4, 0.5) is 9.93 Å². The van der Waals surface area contributed by atoms with E-state index in [9.17, 15) is 4.79 Å². The van der Waals surface area contributed by atoms with E-state index < -0.39 is 0 Å². The molecule has 2 aromatic heterocycles. The van der Waals surface area contributed by atoms with Gasteiger partial charge < -0.3 is 14.8 Å². The fourth-order valence-electron chi connectivity index (χ4n) is 2.31. The Hall–Kier alpha value is -2.10. The second-order valence-corrected chi connectivity index (χ2v) is 8.02. The molecule has 0 aliphatic carbocycles. The highest BCUT2D eigenvalue weighted by molar-refractivity contribution is 7.19. The zero-order valence-electron chi connectivity index (χ0n) is 16.6. The molecule has 2 aromatic rings. The summed E-state index contributed by atoms with van der Waals surface area (Å²) in [5.74, 6) is 0.769. The predicted octanol–water partition coefficient (Wildman–Crippen LogP) is 3.34. The molecule has 0 saturated carbocycles. The van der Waals surface area contributed by atoms with E-state index in [0.29, 0.717) is 18.1 Å². The minimum atomic E-state index is -0.339. The van der Waals surface area contributed by atoms with E-state index in [1.807, 2.05) is 13.0 Å². The lowest BCUT2D eigenvalue weighted by molar-refractivity contribution is -0.105. The Kier molecular flexibility index (Phi) is 7.23. The van der Waals surface area contributed by atoms with Crippen molar-refractivity contribution in [3.8, 4) is 10.6 Å². The van der Waals surface area contributed by atoms with Crippen molar-refractivity contribution in [2.24, 2.45) is 0 Å². The third kappa shape index (κ3) is 5.95. The fourth-order valence-corrected chi connectivity index (χ4v) is 3.24. The van der Waals surface area contributed by atoms with Crippen LogP contribution >= 0.6 is 11.3 Å². The van der Waals surface area contributed by atoms with Gasteiger partial charge in [-0.05, 0) is 13.0 Å². The minimum absolute atomic E-state index is 0.141. The molecule has 2 N–H and O–H groups in total. The summed E-state index contributed by atoms with van der Waals surface area (Å²) in [5.41, 5.74) is 1.48. The summed E-state index contributed by atoms with van der Waals surface area (Å²) in [4.78, 5) is 26.4. The number of hydrogen-bond donors (Lipinski definition) is 2. The Labute approximate surface area is 163 Å².